The van der Waals surface area contributed by atoms with E-state index in [2.05, 4.69) is 20.8 Å². The molecule has 62 valence electrons. The predicted molar refractivity (Wildman–Crippen MR) is 56.0 cm³/mol. The van der Waals surface area contributed by atoms with E-state index in [-0.39, 0.29) is 0 Å². The molecule has 0 radical (unpaired) electrons. The van der Waals surface area contributed by atoms with Gasteiger partial charge in [0.2, 0.25) is 0 Å². The van der Waals surface area contributed by atoms with Gasteiger partial charge in [0.1, 0.15) is 0 Å². The van der Waals surface area contributed by atoms with Gasteiger partial charge >= 0.3 is 76.3 Å². The van der Waals surface area contributed by atoms with Gasteiger partial charge in [-0.05, 0) is 0 Å². The zero-order valence-corrected chi connectivity index (χ0v) is 11.3. The molecule has 0 saturated carbocycles. The summed E-state index contributed by atoms with van der Waals surface area (Å²) in [5.74, 6) is 0. The first-order chi connectivity index (χ1) is 4.63. The summed E-state index contributed by atoms with van der Waals surface area (Å²) in [4.78, 5) is 0. The van der Waals surface area contributed by atoms with Crippen molar-refractivity contribution in [1.29, 1.82) is 0 Å². The van der Waals surface area contributed by atoms with Crippen molar-refractivity contribution in [2.75, 3.05) is 18.5 Å². The molecule has 0 amide bonds. The van der Waals surface area contributed by atoms with Crippen LogP contribution in [-0.4, -0.2) is 30.0 Å². The SMILES string of the molecule is CC[P](CC)(CC)=[Ge]([Cl])[Cl]. The predicted octanol–water partition coefficient (Wildman–Crippen LogP) is 3.53. The van der Waals surface area contributed by atoms with Gasteiger partial charge in [-0.1, -0.05) is 0 Å². The molecule has 0 N–H and O–H groups in total. The summed E-state index contributed by atoms with van der Waals surface area (Å²) in [7, 11) is 12.2. The fourth-order valence-corrected chi connectivity index (χ4v) is 18.8. The minimum absolute atomic E-state index is 0.813. The molecule has 0 spiro atoms. The Morgan fingerprint density at radius 3 is 1.30 bits per heavy atom. The summed E-state index contributed by atoms with van der Waals surface area (Å²) >= 11 is -1.62. The third kappa shape index (κ3) is 2.55. The van der Waals surface area contributed by atoms with Crippen molar-refractivity contribution in [2.24, 2.45) is 0 Å². The van der Waals surface area contributed by atoms with Crippen molar-refractivity contribution in [1.82, 2.24) is 0 Å². The molecule has 0 aromatic carbocycles. The quantitative estimate of drug-likeness (QED) is 0.539. The molecule has 0 aromatic rings. The summed E-state index contributed by atoms with van der Waals surface area (Å²) in [5.41, 5.74) is -0.813. The second-order valence-electron chi connectivity index (χ2n) is 2.33. The minimum atomic E-state index is -1.62. The standard InChI is InChI=1S/C6H15Cl2GeP/c1-4-10(5-2,6-3)9(7)8/h4-6H2,1-3H3. The second-order valence-corrected chi connectivity index (χ2v) is 23.5. The Morgan fingerprint density at radius 1 is 1.00 bits per heavy atom. The van der Waals surface area contributed by atoms with E-state index in [1.165, 1.54) is 18.5 Å². The molecule has 0 heterocycles. The average molecular weight is 262 g/mol. The number of hydrogen-bond acceptors (Lipinski definition) is 0. The maximum atomic E-state index is 6.08. The second kappa shape index (κ2) is 5.24. The van der Waals surface area contributed by atoms with Gasteiger partial charge in [0.05, 0.1) is 0 Å². The Bertz CT molecular complexity index is 133. The van der Waals surface area contributed by atoms with E-state index >= 15 is 0 Å². The normalized spacial score (nSPS) is 11.7. The number of halogens is 2. The van der Waals surface area contributed by atoms with Gasteiger partial charge in [0.25, 0.3) is 0 Å². The van der Waals surface area contributed by atoms with E-state index in [0.717, 1.165) is 0 Å². The van der Waals surface area contributed by atoms with Crippen LogP contribution in [-0.2, 0) is 0 Å². The van der Waals surface area contributed by atoms with Crippen LogP contribution in [0.15, 0.2) is 0 Å². The Hall–Kier alpha value is 1.55. The molecule has 0 saturated heterocycles. The molecule has 0 atom stereocenters. The molecule has 0 aliphatic rings. The van der Waals surface area contributed by atoms with Crippen molar-refractivity contribution < 1.29 is 0 Å². The fourth-order valence-electron chi connectivity index (χ4n) is 1.03. The zero-order valence-electron chi connectivity index (χ0n) is 6.82. The third-order valence-corrected chi connectivity index (χ3v) is 28.2. The molecular weight excluding hydrogens is 247 g/mol. The van der Waals surface area contributed by atoms with Crippen LogP contribution in [0.4, 0.5) is 0 Å². The molecule has 0 aliphatic carbocycles. The number of rotatable bonds is 3. The third-order valence-electron chi connectivity index (χ3n) is 2.17. The van der Waals surface area contributed by atoms with Crippen LogP contribution >= 0.6 is 25.4 Å². The summed E-state index contributed by atoms with van der Waals surface area (Å²) in [6.07, 6.45) is 3.76. The van der Waals surface area contributed by atoms with E-state index in [9.17, 15) is 0 Å². The molecule has 4 heteroatoms. The first kappa shape index (κ1) is 11.6. The summed E-state index contributed by atoms with van der Waals surface area (Å²) in [6, 6.07) is 0. The first-order valence-electron chi connectivity index (χ1n) is 3.67. The van der Waals surface area contributed by atoms with E-state index in [1.807, 2.05) is 0 Å². The van der Waals surface area contributed by atoms with E-state index < -0.39 is 17.0 Å². The van der Waals surface area contributed by atoms with Crippen LogP contribution in [0.25, 0.3) is 0 Å². The van der Waals surface area contributed by atoms with Crippen LogP contribution in [0.3, 0.4) is 0 Å². The molecule has 0 fully saturated rings. The van der Waals surface area contributed by atoms with Gasteiger partial charge in [0, 0.05) is 0 Å². The maximum absolute atomic E-state index is 6.08. The number of hydrogen-bond donors (Lipinski definition) is 0. The van der Waals surface area contributed by atoms with Gasteiger partial charge in [-0.2, -0.15) is 0 Å². The average Bonchev–Trinajstić information content (AvgIpc) is 1.92. The van der Waals surface area contributed by atoms with Gasteiger partial charge in [-0.15, -0.1) is 0 Å². The molecule has 0 unspecified atom stereocenters. The molecule has 0 rings (SSSR count). The van der Waals surface area contributed by atoms with Crippen LogP contribution in [0.2, 0.25) is 0 Å². The topological polar surface area (TPSA) is 0 Å². The molecular formula is C6H15Cl2GeP. The van der Waals surface area contributed by atoms with Gasteiger partial charge < -0.3 is 0 Å². The van der Waals surface area contributed by atoms with Crippen LogP contribution in [0.5, 0.6) is 0 Å². The van der Waals surface area contributed by atoms with Crippen molar-refractivity contribution in [2.45, 2.75) is 20.8 Å². The molecule has 10 heavy (non-hydrogen) atoms. The zero-order chi connectivity index (χ0) is 8.20. The Kier molecular flexibility index (Phi) is 6.06. The van der Waals surface area contributed by atoms with Crippen molar-refractivity contribution in [3.8, 4) is 0 Å². The Morgan fingerprint density at radius 2 is 1.30 bits per heavy atom. The fraction of sp³-hybridized carbons (Fsp3) is 1.00. The molecule has 0 bridgehead atoms. The summed E-state index contributed by atoms with van der Waals surface area (Å²) < 4.78 is 0. The van der Waals surface area contributed by atoms with E-state index in [1.54, 1.807) is 0 Å². The Labute approximate surface area is 76.1 Å². The van der Waals surface area contributed by atoms with Crippen molar-refractivity contribution in [3.05, 3.63) is 0 Å². The van der Waals surface area contributed by atoms with Gasteiger partial charge in [-0.3, -0.25) is 0 Å². The Balaban J connectivity index is 4.66. The molecule has 0 aliphatic heterocycles. The van der Waals surface area contributed by atoms with Crippen molar-refractivity contribution >= 4 is 37.0 Å². The summed E-state index contributed by atoms with van der Waals surface area (Å²) in [6.45, 7) is 6.70. The van der Waals surface area contributed by atoms with Gasteiger partial charge in [-0.25, -0.2) is 0 Å². The van der Waals surface area contributed by atoms with Gasteiger partial charge in [0.15, 0.2) is 0 Å². The molecule has 0 nitrogen and oxygen atoms in total. The first-order valence-corrected chi connectivity index (χ1v) is 14.3. The van der Waals surface area contributed by atoms with Crippen LogP contribution < -0.4 is 0 Å². The molecule has 0 aromatic heterocycles. The summed E-state index contributed by atoms with van der Waals surface area (Å²) in [5, 5.41) is 0. The van der Waals surface area contributed by atoms with Crippen LogP contribution in [0.1, 0.15) is 20.8 Å². The van der Waals surface area contributed by atoms with Crippen LogP contribution in [0, 0.1) is 0 Å². The van der Waals surface area contributed by atoms with Crippen molar-refractivity contribution in [3.63, 3.8) is 0 Å². The monoisotopic (exact) mass is 262 g/mol. The van der Waals surface area contributed by atoms with E-state index in [0.29, 0.717) is 0 Å². The van der Waals surface area contributed by atoms with E-state index in [4.69, 9.17) is 20.0 Å².